The van der Waals surface area contributed by atoms with Crippen LogP contribution in [-0.4, -0.2) is 53.6 Å². The Hall–Kier alpha value is -3.75. The zero-order valence-electron chi connectivity index (χ0n) is 17.4. The zero-order valence-corrected chi connectivity index (χ0v) is 17.4. The number of aromatic nitrogens is 4. The summed E-state index contributed by atoms with van der Waals surface area (Å²) in [4.78, 5) is 28.9. The highest BCUT2D eigenvalue weighted by atomic mass is 16.5. The van der Waals surface area contributed by atoms with Gasteiger partial charge in [0.1, 0.15) is 17.9 Å². The largest absolute Gasteiger partial charge is 0.496 e. The molecule has 9 nitrogen and oxygen atoms in total. The van der Waals surface area contributed by atoms with Gasteiger partial charge in [0, 0.05) is 56.1 Å². The third kappa shape index (κ3) is 4.80. The van der Waals surface area contributed by atoms with Crippen LogP contribution < -0.4 is 20.7 Å². The first kappa shape index (κ1) is 21.0. The number of carbonyl (C=O) groups excluding carboxylic acids is 1. The first-order chi connectivity index (χ1) is 14.5. The first-order valence-corrected chi connectivity index (χ1v) is 9.51. The molecule has 0 saturated heterocycles. The van der Waals surface area contributed by atoms with Crippen molar-refractivity contribution in [3.63, 3.8) is 0 Å². The van der Waals surface area contributed by atoms with Crippen LogP contribution in [0.4, 0.5) is 11.8 Å². The second-order valence-electron chi connectivity index (χ2n) is 6.65. The van der Waals surface area contributed by atoms with Crippen molar-refractivity contribution in [3.8, 4) is 17.0 Å². The van der Waals surface area contributed by atoms with Crippen LogP contribution >= 0.6 is 0 Å². The molecule has 2 heterocycles. The average molecular weight is 407 g/mol. The number of amides is 1. The third-order valence-electron chi connectivity index (χ3n) is 4.68. The van der Waals surface area contributed by atoms with Crippen molar-refractivity contribution in [1.82, 2.24) is 25.3 Å². The fourth-order valence-corrected chi connectivity index (χ4v) is 2.97. The summed E-state index contributed by atoms with van der Waals surface area (Å²) in [5.41, 5.74) is 3.10. The second kappa shape index (κ2) is 9.64. The lowest BCUT2D eigenvalue weighted by Gasteiger charge is -2.17. The molecule has 9 heteroatoms. The van der Waals surface area contributed by atoms with Gasteiger partial charge in [0.25, 0.3) is 5.91 Å². The summed E-state index contributed by atoms with van der Waals surface area (Å²) >= 11 is 0. The molecule has 3 N–H and O–H groups in total. The summed E-state index contributed by atoms with van der Waals surface area (Å²) in [7, 11) is 4.97. The molecule has 0 fully saturated rings. The van der Waals surface area contributed by atoms with Gasteiger partial charge in [-0.2, -0.15) is 0 Å². The maximum Gasteiger partial charge on any atom is 0.251 e. The van der Waals surface area contributed by atoms with E-state index >= 15 is 0 Å². The minimum Gasteiger partial charge on any atom is -0.496 e. The first-order valence-electron chi connectivity index (χ1n) is 9.51. The molecule has 0 unspecified atom stereocenters. The predicted octanol–water partition coefficient (Wildman–Crippen LogP) is 2.56. The molecule has 0 aliphatic rings. The van der Waals surface area contributed by atoms with Gasteiger partial charge in [0.05, 0.1) is 12.8 Å². The van der Waals surface area contributed by atoms with Crippen molar-refractivity contribution < 1.29 is 9.53 Å². The summed E-state index contributed by atoms with van der Waals surface area (Å²) in [6, 6.07) is 7.32. The molecule has 30 heavy (non-hydrogen) atoms. The normalized spacial score (nSPS) is 11.5. The van der Waals surface area contributed by atoms with Crippen LogP contribution in [0, 0.1) is 0 Å². The predicted molar refractivity (Wildman–Crippen MR) is 116 cm³/mol. The van der Waals surface area contributed by atoms with Crippen molar-refractivity contribution in [1.29, 1.82) is 0 Å². The maximum absolute atomic E-state index is 11.9. The molecule has 3 rings (SSSR count). The van der Waals surface area contributed by atoms with Crippen molar-refractivity contribution >= 4 is 17.7 Å². The van der Waals surface area contributed by atoms with Crippen molar-refractivity contribution in [2.24, 2.45) is 0 Å². The highest BCUT2D eigenvalue weighted by Gasteiger charge is 2.15. The van der Waals surface area contributed by atoms with Crippen molar-refractivity contribution in [3.05, 3.63) is 54.1 Å². The molecular formula is C21H25N7O2. The van der Waals surface area contributed by atoms with Crippen LogP contribution in [-0.2, 0) is 0 Å². The average Bonchev–Trinajstić information content (AvgIpc) is 2.81. The van der Waals surface area contributed by atoms with Gasteiger partial charge in [0.15, 0.2) is 0 Å². The van der Waals surface area contributed by atoms with Crippen LogP contribution in [0.15, 0.2) is 43.0 Å². The highest BCUT2D eigenvalue weighted by Crippen LogP contribution is 2.28. The Balaban J connectivity index is 1.71. The Bertz CT molecular complexity index is 1010. The monoisotopic (exact) mass is 407 g/mol. The number of anilines is 2. The molecule has 0 aliphatic heterocycles. The minimum atomic E-state index is -0.147. The zero-order chi connectivity index (χ0) is 21.5. The lowest BCUT2D eigenvalue weighted by atomic mass is 9.98. The summed E-state index contributed by atoms with van der Waals surface area (Å²) in [6.07, 6.45) is 4.94. The van der Waals surface area contributed by atoms with Crippen LogP contribution in [0.3, 0.4) is 0 Å². The van der Waals surface area contributed by atoms with E-state index < -0.39 is 0 Å². The van der Waals surface area contributed by atoms with E-state index in [1.54, 1.807) is 45.7 Å². The second-order valence-corrected chi connectivity index (χ2v) is 6.65. The van der Waals surface area contributed by atoms with E-state index in [2.05, 4.69) is 42.8 Å². The van der Waals surface area contributed by atoms with Crippen LogP contribution in [0.1, 0.15) is 28.8 Å². The van der Waals surface area contributed by atoms with E-state index in [9.17, 15) is 4.79 Å². The number of hydrogen-bond donors (Lipinski definition) is 3. The van der Waals surface area contributed by atoms with Gasteiger partial charge in [-0.25, -0.2) is 19.9 Å². The van der Waals surface area contributed by atoms with E-state index in [4.69, 9.17) is 4.74 Å². The van der Waals surface area contributed by atoms with Gasteiger partial charge < -0.3 is 20.7 Å². The smallest absolute Gasteiger partial charge is 0.251 e. The molecule has 0 bridgehead atoms. The summed E-state index contributed by atoms with van der Waals surface area (Å²) in [5, 5.41) is 8.84. The Morgan fingerprint density at radius 1 is 1.10 bits per heavy atom. The Labute approximate surface area is 175 Å². The Kier molecular flexibility index (Phi) is 6.74. The number of benzene rings is 1. The van der Waals surface area contributed by atoms with Gasteiger partial charge >= 0.3 is 0 Å². The van der Waals surface area contributed by atoms with E-state index in [1.807, 2.05) is 12.1 Å². The van der Waals surface area contributed by atoms with Gasteiger partial charge in [-0.05, 0) is 17.7 Å². The SMILES string of the molecule is CNC(=O)c1ccc([C@H](C)CNc2cc(-c3cnc(NC)nc3)ncn2)c(OC)c1. The fourth-order valence-electron chi connectivity index (χ4n) is 2.97. The lowest BCUT2D eigenvalue weighted by molar-refractivity contribution is 0.0962. The topological polar surface area (TPSA) is 114 Å². The van der Waals surface area contributed by atoms with E-state index in [0.717, 1.165) is 16.8 Å². The standard InChI is InChI=1S/C21H25N7O2/c1-13(16-6-5-14(20(29)22-2)7-18(16)30-4)9-24-19-8-17(27-12-28-19)15-10-25-21(23-3)26-11-15/h5-8,10-13H,9H2,1-4H3,(H,22,29)(H,23,25,26)(H,24,27,28)/t13-/m1/s1. The van der Waals surface area contributed by atoms with E-state index in [1.165, 1.54) is 6.33 Å². The molecule has 1 amide bonds. The lowest BCUT2D eigenvalue weighted by Crippen LogP contribution is -2.18. The van der Waals surface area contributed by atoms with Gasteiger partial charge in [0.2, 0.25) is 5.95 Å². The number of rotatable bonds is 8. The Morgan fingerprint density at radius 2 is 1.87 bits per heavy atom. The molecule has 0 spiro atoms. The maximum atomic E-state index is 11.9. The summed E-state index contributed by atoms with van der Waals surface area (Å²) in [5.74, 6) is 1.90. The minimum absolute atomic E-state index is 0.121. The number of hydrogen-bond acceptors (Lipinski definition) is 8. The summed E-state index contributed by atoms with van der Waals surface area (Å²) < 4.78 is 5.50. The molecular weight excluding hydrogens is 382 g/mol. The van der Waals surface area contributed by atoms with Crippen molar-refractivity contribution in [2.45, 2.75) is 12.8 Å². The van der Waals surface area contributed by atoms with Crippen LogP contribution in [0.5, 0.6) is 5.75 Å². The van der Waals surface area contributed by atoms with Gasteiger partial charge in [-0.15, -0.1) is 0 Å². The number of methoxy groups -OCH3 is 1. The molecule has 3 aromatic rings. The number of carbonyl (C=O) groups is 1. The fraction of sp³-hybridized carbons (Fsp3) is 0.286. The molecule has 1 atom stereocenters. The molecule has 0 aliphatic carbocycles. The number of ether oxygens (including phenoxy) is 1. The number of nitrogens with zero attached hydrogens (tertiary/aromatic N) is 4. The third-order valence-corrected chi connectivity index (χ3v) is 4.68. The van der Waals surface area contributed by atoms with Crippen LogP contribution in [0.25, 0.3) is 11.3 Å². The van der Waals surface area contributed by atoms with Gasteiger partial charge in [-0.3, -0.25) is 4.79 Å². The summed E-state index contributed by atoms with van der Waals surface area (Å²) in [6.45, 7) is 2.71. The molecule has 0 radical (unpaired) electrons. The molecule has 1 aromatic carbocycles. The molecule has 2 aromatic heterocycles. The van der Waals surface area contributed by atoms with Crippen molar-refractivity contribution in [2.75, 3.05) is 38.4 Å². The van der Waals surface area contributed by atoms with E-state index in [-0.39, 0.29) is 11.8 Å². The molecule has 0 saturated carbocycles. The van der Waals surface area contributed by atoms with Crippen LogP contribution in [0.2, 0.25) is 0 Å². The van der Waals surface area contributed by atoms with Gasteiger partial charge in [-0.1, -0.05) is 13.0 Å². The highest BCUT2D eigenvalue weighted by molar-refractivity contribution is 5.94. The van der Waals surface area contributed by atoms with E-state index in [0.29, 0.717) is 29.6 Å². The quantitative estimate of drug-likeness (QED) is 0.522. The number of nitrogens with one attached hydrogen (secondary N) is 3. The molecule has 156 valence electrons. The Morgan fingerprint density at radius 3 is 2.53 bits per heavy atom.